The molecule has 0 spiro atoms. The van der Waals surface area contributed by atoms with E-state index in [1.54, 1.807) is 6.07 Å². The first-order valence-electron chi connectivity index (χ1n) is 11.6. The van der Waals surface area contributed by atoms with Gasteiger partial charge in [-0.1, -0.05) is 31.9 Å². The van der Waals surface area contributed by atoms with Crippen molar-refractivity contribution in [2.45, 2.75) is 70.3 Å². The van der Waals surface area contributed by atoms with Crippen LogP contribution in [0.1, 0.15) is 75.3 Å². The third kappa shape index (κ3) is 6.37. The van der Waals surface area contributed by atoms with E-state index in [4.69, 9.17) is 0 Å². The Balaban J connectivity index is 0.00000324. The molecule has 1 nitrogen and oxygen atoms in total. The van der Waals surface area contributed by atoms with Crippen molar-refractivity contribution in [3.63, 3.8) is 0 Å². The van der Waals surface area contributed by atoms with E-state index in [1.165, 1.54) is 25.7 Å². The van der Waals surface area contributed by atoms with Gasteiger partial charge in [0.2, 0.25) is 0 Å². The average molecular weight is 558 g/mol. The molecule has 0 aliphatic heterocycles. The molecule has 0 saturated heterocycles. The molecule has 2 aliphatic rings. The van der Waals surface area contributed by atoms with Gasteiger partial charge in [0.1, 0.15) is 17.2 Å². The normalized spacial score (nSPS) is 25.5. The molecule has 0 radical (unpaired) electrons. The van der Waals surface area contributed by atoms with Gasteiger partial charge in [0.15, 0.2) is 0 Å². The number of rotatable bonds is 5. The van der Waals surface area contributed by atoms with Crippen LogP contribution in [-0.2, 0) is 38.8 Å². The van der Waals surface area contributed by atoms with Crippen LogP contribution < -0.4 is 4.74 Å². The summed E-state index contributed by atoms with van der Waals surface area (Å²) >= 11 is 0. The Morgan fingerprint density at radius 3 is 1.74 bits per heavy atom. The predicted octanol–water partition coefficient (Wildman–Crippen LogP) is 8.27. The van der Waals surface area contributed by atoms with E-state index >= 15 is 0 Å². The van der Waals surface area contributed by atoms with Crippen molar-refractivity contribution in [2.24, 2.45) is 17.8 Å². The summed E-state index contributed by atoms with van der Waals surface area (Å²) in [7, 11) is 0. The van der Waals surface area contributed by atoms with Gasteiger partial charge in [-0.2, -0.15) is 8.78 Å². The molecule has 4 rings (SSSR count). The number of halogens is 6. The molecular weight excluding hydrogens is 531 g/mol. The number of alkyl halides is 2. The van der Waals surface area contributed by atoms with Crippen LogP contribution in [0.3, 0.4) is 0 Å². The van der Waals surface area contributed by atoms with Gasteiger partial charge in [-0.15, -0.1) is 6.07 Å². The van der Waals surface area contributed by atoms with Crippen LogP contribution in [0, 0.1) is 47.1 Å². The molecule has 0 aromatic heterocycles. The Bertz CT molecular complexity index is 938. The van der Waals surface area contributed by atoms with E-state index in [2.05, 4.69) is 11.7 Å². The van der Waals surface area contributed by atoms with Crippen LogP contribution in [0.2, 0.25) is 0 Å². The number of hydrogen-bond donors (Lipinski definition) is 0. The van der Waals surface area contributed by atoms with Crippen LogP contribution in [0.5, 0.6) is 5.75 Å². The van der Waals surface area contributed by atoms with Crippen LogP contribution in [-0.4, -0.2) is 0 Å². The molecule has 180 valence electrons. The Hall–Kier alpha value is -1.08. The molecule has 34 heavy (non-hydrogen) atoms. The minimum atomic E-state index is -4.46. The summed E-state index contributed by atoms with van der Waals surface area (Å²) in [6.07, 6.45) is 3.98. The Morgan fingerprint density at radius 1 is 0.765 bits per heavy atom. The van der Waals surface area contributed by atoms with Crippen LogP contribution >= 0.6 is 0 Å². The zero-order valence-electron chi connectivity index (χ0n) is 19.0. The molecule has 2 aliphatic carbocycles. The van der Waals surface area contributed by atoms with Crippen LogP contribution in [0.15, 0.2) is 24.3 Å². The first-order valence-corrected chi connectivity index (χ1v) is 11.6. The summed E-state index contributed by atoms with van der Waals surface area (Å²) < 4.78 is 89.1. The summed E-state index contributed by atoms with van der Waals surface area (Å²) in [4.78, 5) is 0. The van der Waals surface area contributed by atoms with E-state index in [-0.39, 0.29) is 38.6 Å². The van der Waals surface area contributed by atoms with E-state index in [1.807, 2.05) is 0 Å². The van der Waals surface area contributed by atoms with Crippen molar-refractivity contribution >= 4 is 0 Å². The quantitative estimate of drug-likeness (QED) is 0.265. The van der Waals surface area contributed by atoms with Gasteiger partial charge >= 0.3 is 38.8 Å². The van der Waals surface area contributed by atoms with Crippen molar-refractivity contribution in [3.05, 3.63) is 64.7 Å². The summed E-state index contributed by atoms with van der Waals surface area (Å²) in [5.41, 5.74) is -1.23. The second-order valence-corrected chi connectivity index (χ2v) is 9.62. The maximum atomic E-state index is 14.7. The second-order valence-electron chi connectivity index (χ2n) is 9.62. The first kappa shape index (κ1) is 27.5. The van der Waals surface area contributed by atoms with Crippen molar-refractivity contribution < 1.29 is 63.8 Å². The Kier molecular flexibility index (Phi) is 9.16. The summed E-state index contributed by atoms with van der Waals surface area (Å²) in [6.45, 7) is 2.28. The monoisotopic (exact) mass is 558 g/mol. The molecular formula is C26H27F6OY+2. The zero-order valence-corrected chi connectivity index (χ0v) is 21.9. The molecule has 0 unspecified atom stereocenters. The van der Waals surface area contributed by atoms with E-state index < -0.39 is 40.7 Å². The number of hydrogen-bond acceptors (Lipinski definition) is 1. The third-order valence-electron chi connectivity index (χ3n) is 7.35. The van der Waals surface area contributed by atoms with Gasteiger partial charge in [-0.05, 0) is 79.9 Å². The predicted molar refractivity (Wildman–Crippen MR) is 112 cm³/mol. The fraction of sp³-hybridized carbons (Fsp3) is 0.538. The number of benzene rings is 2. The van der Waals surface area contributed by atoms with Crippen LogP contribution in [0.4, 0.5) is 26.3 Å². The maximum absolute atomic E-state index is 14.7. The van der Waals surface area contributed by atoms with E-state index in [0.717, 1.165) is 43.7 Å². The van der Waals surface area contributed by atoms with Crippen molar-refractivity contribution in [1.29, 1.82) is 0 Å². The summed E-state index contributed by atoms with van der Waals surface area (Å²) in [6, 6.07) is 4.42. The van der Waals surface area contributed by atoms with Gasteiger partial charge in [0, 0.05) is 17.4 Å². The van der Waals surface area contributed by atoms with Gasteiger partial charge in [0.05, 0.1) is 0 Å². The molecule has 0 heterocycles. The standard InChI is InChI=1S/C26H27F6O.Y/c1-15-2-4-16(5-3-15)17-6-8-18(9-7-17)19-10-23(29)25(24(30)11-19)26(31,32)33-22-13-20(27)12-21(28)14-22;/h10-11,13-18H,2-9H2,1H3;/q-1;+3. The zero-order chi connectivity index (χ0) is 23.8. The molecule has 2 fully saturated rings. The van der Waals surface area contributed by atoms with E-state index in [0.29, 0.717) is 29.5 Å². The fourth-order valence-corrected chi connectivity index (χ4v) is 5.52. The maximum Gasteiger partial charge on any atom is 3.00 e. The van der Waals surface area contributed by atoms with Gasteiger partial charge in [-0.3, -0.25) is 0 Å². The Morgan fingerprint density at radius 2 is 1.24 bits per heavy atom. The molecule has 0 atom stereocenters. The van der Waals surface area contributed by atoms with Gasteiger partial charge in [0.25, 0.3) is 0 Å². The van der Waals surface area contributed by atoms with Crippen molar-refractivity contribution in [2.75, 3.05) is 0 Å². The molecule has 8 heteroatoms. The smallest absolute Gasteiger partial charge is 0.455 e. The molecule has 2 aromatic carbocycles. The molecule has 0 amide bonds. The van der Waals surface area contributed by atoms with Crippen molar-refractivity contribution in [3.8, 4) is 5.75 Å². The summed E-state index contributed by atoms with van der Waals surface area (Å²) in [5.74, 6) is -4.31. The summed E-state index contributed by atoms with van der Waals surface area (Å²) in [5, 5.41) is 0. The number of ether oxygens (including phenoxy) is 1. The minimum absolute atomic E-state index is 0. The molecule has 0 N–H and O–H groups in total. The van der Waals surface area contributed by atoms with E-state index in [9.17, 15) is 26.3 Å². The third-order valence-corrected chi connectivity index (χ3v) is 7.35. The second kappa shape index (κ2) is 11.3. The van der Waals surface area contributed by atoms with Gasteiger partial charge < -0.3 is 4.74 Å². The molecule has 2 saturated carbocycles. The van der Waals surface area contributed by atoms with Crippen molar-refractivity contribution in [1.82, 2.24) is 0 Å². The minimum Gasteiger partial charge on any atom is -0.455 e. The molecule has 2 aromatic rings. The first-order chi connectivity index (χ1) is 15.6. The average Bonchev–Trinajstić information content (AvgIpc) is 2.72. The fourth-order valence-electron chi connectivity index (χ4n) is 5.52. The van der Waals surface area contributed by atoms with Crippen LogP contribution in [0.25, 0.3) is 0 Å². The SMILES string of the molecule is CC1CCC(C2CCC(c3cc(F)c(C(F)(F)Oc4cc(F)[c-]c(F)c4)c(F)c3)CC2)CC1.[Y+3]. The molecule has 0 bridgehead atoms. The van der Waals surface area contributed by atoms with Gasteiger partial charge in [-0.25, -0.2) is 17.6 Å². The largest absolute Gasteiger partial charge is 3.00 e. The topological polar surface area (TPSA) is 9.23 Å². The Labute approximate surface area is 221 Å².